The minimum atomic E-state index is -0.118. The monoisotopic (exact) mass is 381 g/mol. The molecule has 0 aliphatic carbocycles. The van der Waals surface area contributed by atoms with Gasteiger partial charge in [0.15, 0.2) is 11.5 Å². The van der Waals surface area contributed by atoms with Crippen LogP contribution in [0, 0.1) is 6.92 Å². The molecule has 2 atom stereocenters. The molecule has 0 fully saturated rings. The number of nitrogens with one attached hydrogen (secondary N) is 1. The third-order valence-electron chi connectivity index (χ3n) is 5.12. The first-order valence-electron chi connectivity index (χ1n) is 9.06. The zero-order chi connectivity index (χ0) is 19.7. The van der Waals surface area contributed by atoms with E-state index in [1.165, 1.54) is 11.1 Å². The Labute approximate surface area is 163 Å². The lowest BCUT2D eigenvalue weighted by Gasteiger charge is -2.32. The van der Waals surface area contributed by atoms with Crippen LogP contribution in [0.5, 0.6) is 17.2 Å². The summed E-state index contributed by atoms with van der Waals surface area (Å²) in [5.41, 5.74) is 3.35. The topological polar surface area (TPSA) is 83.3 Å². The first-order valence-corrected chi connectivity index (χ1v) is 9.06. The summed E-state index contributed by atoms with van der Waals surface area (Å²) < 4.78 is 18.5. The Morgan fingerprint density at radius 1 is 0.964 bits per heavy atom. The van der Waals surface area contributed by atoms with Crippen LogP contribution in [0.4, 0.5) is 5.95 Å². The number of anilines is 1. The number of methoxy groups -OCH3 is 3. The van der Waals surface area contributed by atoms with Crippen molar-refractivity contribution in [2.75, 3.05) is 26.6 Å². The van der Waals surface area contributed by atoms with Crippen LogP contribution < -0.4 is 19.5 Å². The summed E-state index contributed by atoms with van der Waals surface area (Å²) >= 11 is 0. The smallest absolute Gasteiger partial charge is 0.243 e. The standard InChI is InChI=1S/C20H23N5O3/c1-12-5-7-13(8-6-12)15-11-16(25-20(21-15)22-23-24-25)14-9-10-17(26-2)19(28-4)18(14)27-3/h5-10,15-16H,11H2,1-4H3,(H,21,22,24)/t15-,16-/m0/s1. The van der Waals surface area contributed by atoms with E-state index < -0.39 is 0 Å². The van der Waals surface area contributed by atoms with Crippen molar-refractivity contribution in [1.29, 1.82) is 0 Å². The van der Waals surface area contributed by atoms with E-state index in [2.05, 4.69) is 52.0 Å². The van der Waals surface area contributed by atoms with Crippen LogP contribution in [0.2, 0.25) is 0 Å². The number of nitrogens with zero attached hydrogens (tertiary/aromatic N) is 4. The molecule has 1 N–H and O–H groups in total. The van der Waals surface area contributed by atoms with Crippen molar-refractivity contribution in [3.05, 3.63) is 53.1 Å². The van der Waals surface area contributed by atoms with Crippen molar-refractivity contribution in [3.8, 4) is 17.2 Å². The number of fused-ring (bicyclic) bond motifs is 1. The Bertz CT molecular complexity index is 970. The van der Waals surface area contributed by atoms with Crippen molar-refractivity contribution < 1.29 is 14.2 Å². The highest BCUT2D eigenvalue weighted by Crippen LogP contribution is 2.46. The second-order valence-corrected chi connectivity index (χ2v) is 6.73. The number of hydrogen-bond acceptors (Lipinski definition) is 7. The summed E-state index contributed by atoms with van der Waals surface area (Å²) in [4.78, 5) is 0. The number of aryl methyl sites for hydroxylation is 1. The van der Waals surface area contributed by atoms with Crippen molar-refractivity contribution in [1.82, 2.24) is 20.2 Å². The molecule has 8 heteroatoms. The summed E-state index contributed by atoms with van der Waals surface area (Å²) in [6, 6.07) is 12.3. The molecule has 0 spiro atoms. The Kier molecular flexibility index (Phi) is 4.77. The Morgan fingerprint density at radius 3 is 2.39 bits per heavy atom. The average Bonchev–Trinajstić information content (AvgIpc) is 3.21. The number of rotatable bonds is 5. The normalized spacial score (nSPS) is 18.1. The van der Waals surface area contributed by atoms with E-state index in [9.17, 15) is 0 Å². The quantitative estimate of drug-likeness (QED) is 0.727. The molecule has 8 nitrogen and oxygen atoms in total. The van der Waals surface area contributed by atoms with E-state index in [0.717, 1.165) is 12.0 Å². The highest BCUT2D eigenvalue weighted by atomic mass is 16.5. The molecular weight excluding hydrogens is 358 g/mol. The Hall–Kier alpha value is -3.29. The largest absolute Gasteiger partial charge is 0.493 e. The zero-order valence-corrected chi connectivity index (χ0v) is 16.3. The van der Waals surface area contributed by atoms with Crippen LogP contribution >= 0.6 is 0 Å². The third-order valence-corrected chi connectivity index (χ3v) is 5.12. The van der Waals surface area contributed by atoms with E-state index in [0.29, 0.717) is 23.2 Å². The van der Waals surface area contributed by atoms with Crippen LogP contribution in [-0.2, 0) is 0 Å². The fourth-order valence-corrected chi connectivity index (χ4v) is 3.70. The minimum Gasteiger partial charge on any atom is -0.493 e. The van der Waals surface area contributed by atoms with Gasteiger partial charge in [-0.2, -0.15) is 0 Å². The van der Waals surface area contributed by atoms with Crippen LogP contribution in [0.15, 0.2) is 36.4 Å². The van der Waals surface area contributed by atoms with Crippen molar-refractivity contribution >= 4 is 5.95 Å². The van der Waals surface area contributed by atoms with Gasteiger partial charge < -0.3 is 19.5 Å². The van der Waals surface area contributed by atoms with Gasteiger partial charge in [0.1, 0.15) is 0 Å². The highest BCUT2D eigenvalue weighted by Gasteiger charge is 2.33. The van der Waals surface area contributed by atoms with E-state index >= 15 is 0 Å². The second-order valence-electron chi connectivity index (χ2n) is 6.73. The van der Waals surface area contributed by atoms with Crippen LogP contribution in [0.1, 0.15) is 35.2 Å². The number of ether oxygens (including phenoxy) is 3. The number of benzene rings is 2. The third kappa shape index (κ3) is 3.00. The molecule has 0 radical (unpaired) electrons. The van der Waals surface area contributed by atoms with E-state index in [1.54, 1.807) is 26.0 Å². The van der Waals surface area contributed by atoms with Gasteiger partial charge in [0, 0.05) is 5.56 Å². The second kappa shape index (κ2) is 7.38. The van der Waals surface area contributed by atoms with Crippen molar-refractivity contribution in [3.63, 3.8) is 0 Å². The first kappa shape index (κ1) is 18.1. The maximum absolute atomic E-state index is 5.70. The molecule has 2 heterocycles. The number of tetrazole rings is 1. The van der Waals surface area contributed by atoms with Crippen LogP contribution in [-0.4, -0.2) is 41.5 Å². The minimum absolute atomic E-state index is 0.0712. The summed E-state index contributed by atoms with van der Waals surface area (Å²) in [5, 5.41) is 15.6. The molecule has 1 aliphatic heterocycles. The fraction of sp³-hybridized carbons (Fsp3) is 0.350. The number of aromatic nitrogens is 4. The lowest BCUT2D eigenvalue weighted by Crippen LogP contribution is -2.28. The summed E-state index contributed by atoms with van der Waals surface area (Å²) in [5.74, 6) is 2.42. The van der Waals surface area contributed by atoms with Gasteiger partial charge in [0.2, 0.25) is 11.7 Å². The molecule has 0 bridgehead atoms. The molecule has 0 amide bonds. The molecule has 2 aromatic carbocycles. The van der Waals surface area contributed by atoms with E-state index in [4.69, 9.17) is 14.2 Å². The molecule has 146 valence electrons. The molecule has 3 aromatic rings. The molecule has 0 unspecified atom stereocenters. The van der Waals surface area contributed by atoms with E-state index in [-0.39, 0.29) is 12.1 Å². The van der Waals surface area contributed by atoms with Gasteiger partial charge in [0.05, 0.1) is 33.4 Å². The van der Waals surface area contributed by atoms with Crippen molar-refractivity contribution in [2.45, 2.75) is 25.4 Å². The molecular formula is C20H23N5O3. The molecule has 0 saturated carbocycles. The van der Waals surface area contributed by atoms with Crippen LogP contribution in [0.3, 0.4) is 0 Å². The lowest BCUT2D eigenvalue weighted by atomic mass is 9.92. The zero-order valence-electron chi connectivity index (χ0n) is 16.3. The molecule has 1 aromatic heterocycles. The van der Waals surface area contributed by atoms with Gasteiger partial charge in [-0.1, -0.05) is 34.9 Å². The molecule has 0 saturated heterocycles. The Morgan fingerprint density at radius 2 is 1.71 bits per heavy atom. The molecule has 1 aliphatic rings. The highest BCUT2D eigenvalue weighted by molar-refractivity contribution is 5.57. The first-order chi connectivity index (χ1) is 13.7. The Balaban J connectivity index is 1.80. The number of hydrogen-bond donors (Lipinski definition) is 1. The van der Waals surface area contributed by atoms with Gasteiger partial charge in [0.25, 0.3) is 0 Å². The SMILES string of the molecule is COc1ccc([C@@H]2C[C@@H](c3ccc(C)cc3)Nc3nnnn32)c(OC)c1OC. The predicted octanol–water partition coefficient (Wildman–Crippen LogP) is 3.15. The maximum atomic E-state index is 5.70. The molecule has 4 rings (SSSR count). The average molecular weight is 381 g/mol. The summed E-state index contributed by atoms with van der Waals surface area (Å²) in [6.07, 6.45) is 0.757. The lowest BCUT2D eigenvalue weighted by molar-refractivity contribution is 0.315. The molecule has 28 heavy (non-hydrogen) atoms. The van der Waals surface area contributed by atoms with Gasteiger partial charge in [-0.3, -0.25) is 0 Å². The predicted molar refractivity (Wildman–Crippen MR) is 104 cm³/mol. The van der Waals surface area contributed by atoms with Gasteiger partial charge in [-0.05, 0) is 41.5 Å². The van der Waals surface area contributed by atoms with Gasteiger partial charge >= 0.3 is 0 Å². The van der Waals surface area contributed by atoms with Gasteiger partial charge in [-0.15, -0.1) is 0 Å². The van der Waals surface area contributed by atoms with E-state index in [1.807, 2.05) is 12.1 Å². The summed E-state index contributed by atoms with van der Waals surface area (Å²) in [7, 11) is 4.83. The van der Waals surface area contributed by atoms with Gasteiger partial charge in [-0.25, -0.2) is 4.68 Å². The van der Waals surface area contributed by atoms with Crippen molar-refractivity contribution in [2.24, 2.45) is 0 Å². The maximum Gasteiger partial charge on any atom is 0.243 e. The fourth-order valence-electron chi connectivity index (χ4n) is 3.70. The summed E-state index contributed by atoms with van der Waals surface area (Å²) in [6.45, 7) is 2.08. The van der Waals surface area contributed by atoms with Crippen LogP contribution in [0.25, 0.3) is 0 Å².